The zero-order valence-electron chi connectivity index (χ0n) is 23.0. The molecule has 0 saturated carbocycles. The Hall–Kier alpha value is -2.53. The number of unbranched alkanes of at least 4 members (excludes halogenated alkanes) is 1. The molecule has 8 nitrogen and oxygen atoms in total. The zero-order valence-corrected chi connectivity index (χ0v) is 24.6. The number of halogens is 2. The van der Waals surface area contributed by atoms with Gasteiger partial charge < -0.3 is 15.5 Å². The molecule has 2 aromatic rings. The predicted molar refractivity (Wildman–Crippen MR) is 153 cm³/mol. The van der Waals surface area contributed by atoms with E-state index < -0.39 is 22.0 Å². The second kappa shape index (κ2) is 13.4. The molecule has 0 radical (unpaired) electrons. The van der Waals surface area contributed by atoms with Gasteiger partial charge in [-0.3, -0.25) is 9.59 Å². The average Bonchev–Trinajstić information content (AvgIpc) is 3.27. The van der Waals surface area contributed by atoms with Gasteiger partial charge in [0.1, 0.15) is 10.7 Å². The summed E-state index contributed by atoms with van der Waals surface area (Å²) < 4.78 is 42.3. The van der Waals surface area contributed by atoms with Gasteiger partial charge in [0.25, 0.3) is 0 Å². The third kappa shape index (κ3) is 7.60. The number of rotatable bonds is 11. The van der Waals surface area contributed by atoms with Gasteiger partial charge in [-0.1, -0.05) is 43.1 Å². The summed E-state index contributed by atoms with van der Waals surface area (Å²) in [6.45, 7) is 5.85. The lowest BCUT2D eigenvalue weighted by molar-refractivity contribution is -0.129. The van der Waals surface area contributed by atoms with Gasteiger partial charge in [-0.25, -0.2) is 12.8 Å². The highest BCUT2D eigenvalue weighted by atomic mass is 35.5. The first-order valence-corrected chi connectivity index (χ1v) is 15.7. The number of carbonyl (C=O) groups excluding carboxylic acids is 2. The number of amides is 2. The van der Waals surface area contributed by atoms with Gasteiger partial charge in [0, 0.05) is 51.2 Å². The first-order chi connectivity index (χ1) is 19.1. The summed E-state index contributed by atoms with van der Waals surface area (Å²) in [5.74, 6) is -1.01. The summed E-state index contributed by atoms with van der Waals surface area (Å²) in [5, 5.41) is 6.67. The minimum Gasteiger partial charge on any atom is -0.353 e. The summed E-state index contributed by atoms with van der Waals surface area (Å²) in [4.78, 5) is 27.6. The Morgan fingerprint density at radius 2 is 2.00 bits per heavy atom. The van der Waals surface area contributed by atoms with Crippen LogP contribution in [0.25, 0.3) is 0 Å². The van der Waals surface area contributed by atoms with E-state index in [9.17, 15) is 22.4 Å². The molecule has 218 valence electrons. The van der Waals surface area contributed by atoms with Gasteiger partial charge in [0.2, 0.25) is 21.8 Å². The average molecular weight is 593 g/mol. The summed E-state index contributed by atoms with van der Waals surface area (Å²) in [5.41, 5.74) is 1.52. The maximum absolute atomic E-state index is 14.2. The van der Waals surface area contributed by atoms with Gasteiger partial charge in [-0.2, -0.15) is 4.31 Å². The topological polar surface area (TPSA) is 98.8 Å². The Balaban J connectivity index is 1.49. The molecular weight excluding hydrogens is 555 g/mol. The van der Waals surface area contributed by atoms with Crippen molar-refractivity contribution in [3.8, 4) is 0 Å². The van der Waals surface area contributed by atoms with E-state index in [-0.39, 0.29) is 46.6 Å². The third-order valence-electron chi connectivity index (χ3n) is 7.54. The van der Waals surface area contributed by atoms with Gasteiger partial charge in [-0.15, -0.1) is 0 Å². The molecule has 0 spiro atoms. The molecule has 2 heterocycles. The van der Waals surface area contributed by atoms with E-state index in [2.05, 4.69) is 17.6 Å². The van der Waals surface area contributed by atoms with Crippen LogP contribution in [0.3, 0.4) is 0 Å². The lowest BCUT2D eigenvalue weighted by Crippen LogP contribution is -2.55. The normalized spacial score (nSPS) is 21.0. The highest BCUT2D eigenvalue weighted by Crippen LogP contribution is 2.26. The summed E-state index contributed by atoms with van der Waals surface area (Å²) >= 11 is 6.21. The molecule has 11 heteroatoms. The fraction of sp³-hybridized carbons (Fsp3) is 0.517. The molecule has 0 aromatic heterocycles. The molecule has 2 aliphatic rings. The molecule has 0 aliphatic carbocycles. The maximum Gasteiger partial charge on any atom is 0.244 e. The Labute approximate surface area is 241 Å². The largest absolute Gasteiger partial charge is 0.353 e. The molecule has 0 bridgehead atoms. The van der Waals surface area contributed by atoms with Crippen LogP contribution in [0.5, 0.6) is 0 Å². The van der Waals surface area contributed by atoms with Crippen LogP contribution in [0.4, 0.5) is 4.39 Å². The van der Waals surface area contributed by atoms with Crippen molar-refractivity contribution >= 4 is 33.4 Å². The monoisotopic (exact) mass is 592 g/mol. The highest BCUT2D eigenvalue weighted by molar-refractivity contribution is 7.89. The van der Waals surface area contributed by atoms with Crippen LogP contribution >= 0.6 is 11.6 Å². The third-order valence-corrected chi connectivity index (χ3v) is 9.90. The van der Waals surface area contributed by atoms with Crippen LogP contribution in [0.2, 0.25) is 5.02 Å². The molecule has 40 heavy (non-hydrogen) atoms. The molecule has 2 aliphatic heterocycles. The van der Waals surface area contributed by atoms with Crippen molar-refractivity contribution in [1.82, 2.24) is 19.8 Å². The van der Waals surface area contributed by atoms with Crippen molar-refractivity contribution in [1.29, 1.82) is 0 Å². The van der Waals surface area contributed by atoms with Crippen molar-refractivity contribution in [3.05, 3.63) is 64.4 Å². The highest BCUT2D eigenvalue weighted by Gasteiger charge is 2.36. The lowest BCUT2D eigenvalue weighted by atomic mass is 9.96. The first-order valence-electron chi connectivity index (χ1n) is 13.9. The van der Waals surface area contributed by atoms with Crippen molar-refractivity contribution in [2.45, 2.75) is 62.9 Å². The number of hydrogen-bond acceptors (Lipinski definition) is 5. The number of aryl methyl sites for hydroxylation is 1. The molecule has 2 unspecified atom stereocenters. The van der Waals surface area contributed by atoms with E-state index in [4.69, 9.17) is 11.6 Å². The van der Waals surface area contributed by atoms with Gasteiger partial charge in [0.15, 0.2) is 0 Å². The fourth-order valence-corrected chi connectivity index (χ4v) is 7.53. The quantitative estimate of drug-likeness (QED) is 0.416. The van der Waals surface area contributed by atoms with E-state index >= 15 is 0 Å². The van der Waals surface area contributed by atoms with E-state index in [0.29, 0.717) is 39.0 Å². The Bertz CT molecular complexity index is 1300. The number of piperazine rings is 1. The fourth-order valence-electron chi connectivity index (χ4n) is 5.55. The van der Waals surface area contributed by atoms with E-state index in [1.807, 2.05) is 13.0 Å². The lowest BCUT2D eigenvalue weighted by Gasteiger charge is -2.35. The number of sulfonamides is 1. The minimum atomic E-state index is -3.81. The predicted octanol–water partition coefficient (Wildman–Crippen LogP) is 3.52. The molecule has 4 rings (SSSR count). The van der Waals surface area contributed by atoms with Crippen LogP contribution in [0.15, 0.2) is 47.4 Å². The van der Waals surface area contributed by atoms with Crippen molar-refractivity contribution in [2.75, 3.05) is 32.7 Å². The number of carbonyl (C=O) groups is 2. The number of nitrogens with zero attached hydrogens (tertiary/aromatic N) is 2. The van der Waals surface area contributed by atoms with Crippen molar-refractivity contribution in [3.63, 3.8) is 0 Å². The second-order valence-electron chi connectivity index (χ2n) is 10.8. The molecular formula is C29H38ClFN4O4S. The van der Waals surface area contributed by atoms with Crippen LogP contribution in [0.1, 0.15) is 43.7 Å². The van der Waals surface area contributed by atoms with Gasteiger partial charge in [-0.05, 0) is 61.6 Å². The standard InChI is InChI=1S/C29H38ClFN4O4S/c1-3-4-10-34-18-22(16-28(34)36)29(37)33-24(15-21-12-20(2)13-23(31)14-21)17-25-19-35(11-9-32-25)40(38,39)27-8-6-5-7-26(27)30/h5-8,12-14,22,24-25,32H,3-4,9-11,15-19H2,1-2H3,(H,33,37)/t22?,24?,25-/m0/s1. The Kier molecular flexibility index (Phi) is 10.2. The smallest absolute Gasteiger partial charge is 0.244 e. The van der Waals surface area contributed by atoms with Crippen LogP contribution in [-0.2, 0) is 26.0 Å². The minimum absolute atomic E-state index is 0.0136. The van der Waals surface area contributed by atoms with Crippen molar-refractivity contribution in [2.24, 2.45) is 5.92 Å². The van der Waals surface area contributed by atoms with Crippen molar-refractivity contribution < 1.29 is 22.4 Å². The summed E-state index contributed by atoms with van der Waals surface area (Å²) in [7, 11) is -3.81. The molecule has 2 aromatic carbocycles. The number of benzene rings is 2. The van der Waals surface area contributed by atoms with E-state index in [1.54, 1.807) is 23.1 Å². The second-order valence-corrected chi connectivity index (χ2v) is 13.1. The van der Waals surface area contributed by atoms with Crippen LogP contribution < -0.4 is 10.6 Å². The summed E-state index contributed by atoms with van der Waals surface area (Å²) in [6, 6.07) is 10.5. The summed E-state index contributed by atoms with van der Waals surface area (Å²) in [6.07, 6.45) is 2.83. The number of hydrogen-bond donors (Lipinski definition) is 2. The first kappa shape index (κ1) is 30.4. The van der Waals surface area contributed by atoms with E-state index in [0.717, 1.165) is 24.0 Å². The van der Waals surface area contributed by atoms with Gasteiger partial charge >= 0.3 is 0 Å². The number of likely N-dealkylation sites (tertiary alicyclic amines) is 1. The molecule has 2 fully saturated rings. The van der Waals surface area contributed by atoms with Crippen LogP contribution in [-0.4, -0.2) is 74.2 Å². The molecule has 3 atom stereocenters. The van der Waals surface area contributed by atoms with Crippen LogP contribution in [0, 0.1) is 18.7 Å². The maximum atomic E-state index is 14.2. The molecule has 2 N–H and O–H groups in total. The van der Waals surface area contributed by atoms with E-state index in [1.165, 1.54) is 22.5 Å². The Morgan fingerprint density at radius 1 is 1.23 bits per heavy atom. The molecule has 2 amide bonds. The van der Waals surface area contributed by atoms with Gasteiger partial charge in [0.05, 0.1) is 10.9 Å². The molecule has 2 saturated heterocycles. The zero-order chi connectivity index (χ0) is 28.9. The SMILES string of the molecule is CCCCN1CC(C(=O)NC(Cc2cc(C)cc(F)c2)C[C@H]2CN(S(=O)(=O)c3ccccc3Cl)CCN2)CC1=O. The Morgan fingerprint density at radius 3 is 2.73 bits per heavy atom. The number of nitrogens with one attached hydrogen (secondary N) is 2.